The number of rotatable bonds is 3. The zero-order valence-corrected chi connectivity index (χ0v) is 13.4. The van der Waals surface area contributed by atoms with Crippen molar-refractivity contribution in [3.8, 4) is 0 Å². The van der Waals surface area contributed by atoms with Gasteiger partial charge in [0, 0.05) is 11.6 Å². The molecule has 21 heavy (non-hydrogen) atoms. The van der Waals surface area contributed by atoms with Crippen LogP contribution < -0.4 is 5.32 Å². The first-order valence-electron chi connectivity index (χ1n) is 7.95. The number of carbonyl (C=O) groups is 1. The van der Waals surface area contributed by atoms with E-state index in [1.807, 2.05) is 0 Å². The highest BCUT2D eigenvalue weighted by molar-refractivity contribution is 5.94. The Hall–Kier alpha value is -1.38. The van der Waals surface area contributed by atoms with Gasteiger partial charge in [0.15, 0.2) is 0 Å². The Kier molecular flexibility index (Phi) is 5.02. The Labute approximate surface area is 127 Å². The quantitative estimate of drug-likeness (QED) is 0.882. The van der Waals surface area contributed by atoms with Crippen LogP contribution in [0.1, 0.15) is 56.0 Å². The van der Waals surface area contributed by atoms with Gasteiger partial charge in [-0.15, -0.1) is 0 Å². The number of benzene rings is 1. The van der Waals surface area contributed by atoms with Gasteiger partial charge >= 0.3 is 0 Å². The Morgan fingerprint density at radius 1 is 1.33 bits per heavy atom. The summed E-state index contributed by atoms with van der Waals surface area (Å²) in [6.45, 7) is 8.38. The molecule has 0 bridgehead atoms. The van der Waals surface area contributed by atoms with Gasteiger partial charge in [0.25, 0.3) is 5.91 Å². The molecule has 0 aliphatic heterocycles. The molecule has 1 saturated carbocycles. The molecule has 2 nitrogen and oxygen atoms in total. The largest absolute Gasteiger partial charge is 0.349 e. The van der Waals surface area contributed by atoms with Crippen molar-refractivity contribution >= 4 is 5.91 Å². The minimum Gasteiger partial charge on any atom is -0.349 e. The summed E-state index contributed by atoms with van der Waals surface area (Å²) in [4.78, 5) is 12.4. The van der Waals surface area contributed by atoms with Crippen molar-refractivity contribution in [2.24, 2.45) is 17.8 Å². The van der Waals surface area contributed by atoms with Gasteiger partial charge in [-0.2, -0.15) is 0 Å². The van der Waals surface area contributed by atoms with Crippen molar-refractivity contribution < 1.29 is 9.18 Å². The molecule has 1 amide bonds. The fourth-order valence-electron chi connectivity index (χ4n) is 3.41. The van der Waals surface area contributed by atoms with Crippen molar-refractivity contribution in [1.29, 1.82) is 0 Å². The zero-order valence-electron chi connectivity index (χ0n) is 13.4. The monoisotopic (exact) mass is 291 g/mol. The number of halogens is 1. The van der Waals surface area contributed by atoms with Gasteiger partial charge in [0.1, 0.15) is 5.82 Å². The van der Waals surface area contributed by atoms with Crippen LogP contribution in [0.2, 0.25) is 0 Å². The Bertz CT molecular complexity index is 512. The molecule has 3 unspecified atom stereocenters. The Morgan fingerprint density at radius 2 is 2.05 bits per heavy atom. The summed E-state index contributed by atoms with van der Waals surface area (Å²) in [6.07, 6.45) is 3.45. The van der Waals surface area contributed by atoms with Crippen LogP contribution in [0.3, 0.4) is 0 Å². The third-order valence-corrected chi connectivity index (χ3v) is 4.76. The number of nitrogens with one attached hydrogen (secondary N) is 1. The minimum atomic E-state index is -0.266. The molecule has 1 aliphatic rings. The van der Waals surface area contributed by atoms with E-state index in [-0.39, 0.29) is 17.8 Å². The summed E-state index contributed by atoms with van der Waals surface area (Å²) in [5, 5.41) is 3.18. The molecular formula is C18H26FNO. The predicted octanol–water partition coefficient (Wildman–Crippen LogP) is 4.32. The van der Waals surface area contributed by atoms with Gasteiger partial charge in [-0.05, 0) is 61.3 Å². The molecule has 1 aromatic carbocycles. The molecule has 1 N–H and O–H groups in total. The average molecular weight is 291 g/mol. The minimum absolute atomic E-state index is 0.0807. The summed E-state index contributed by atoms with van der Waals surface area (Å²) in [6, 6.07) is 4.79. The fraction of sp³-hybridized carbons (Fsp3) is 0.611. The lowest BCUT2D eigenvalue weighted by molar-refractivity contribution is 0.0867. The molecule has 1 aliphatic carbocycles. The normalized spacial score (nSPS) is 25.9. The second-order valence-corrected chi connectivity index (χ2v) is 6.87. The SMILES string of the molecule is Cc1cc(C(=O)NC2CC(C)CCC2C(C)C)ccc1F. The molecule has 3 atom stereocenters. The van der Waals surface area contributed by atoms with Crippen molar-refractivity contribution in [2.45, 2.75) is 53.0 Å². The molecule has 0 heterocycles. The fourth-order valence-corrected chi connectivity index (χ4v) is 3.41. The van der Waals surface area contributed by atoms with E-state index in [2.05, 4.69) is 26.1 Å². The van der Waals surface area contributed by atoms with Crippen LogP contribution in [0, 0.1) is 30.5 Å². The van der Waals surface area contributed by atoms with E-state index in [1.165, 1.54) is 18.9 Å². The predicted molar refractivity (Wildman–Crippen MR) is 83.7 cm³/mol. The highest BCUT2D eigenvalue weighted by atomic mass is 19.1. The lowest BCUT2D eigenvalue weighted by Gasteiger charge is -2.37. The third kappa shape index (κ3) is 3.84. The molecule has 1 fully saturated rings. The van der Waals surface area contributed by atoms with Crippen LogP contribution in [0.15, 0.2) is 18.2 Å². The number of carbonyl (C=O) groups excluding carboxylic acids is 1. The van der Waals surface area contributed by atoms with E-state index in [4.69, 9.17) is 0 Å². The summed E-state index contributed by atoms with van der Waals surface area (Å²) >= 11 is 0. The molecule has 0 aromatic heterocycles. The summed E-state index contributed by atoms with van der Waals surface area (Å²) in [5.74, 6) is 1.41. The number of amides is 1. The standard InChI is InChI=1S/C18H26FNO/c1-11(2)15-7-5-12(3)9-17(15)20-18(21)14-6-8-16(19)13(4)10-14/h6,8,10-12,15,17H,5,7,9H2,1-4H3,(H,20,21). The maximum absolute atomic E-state index is 13.3. The molecule has 0 radical (unpaired) electrons. The molecule has 3 heteroatoms. The van der Waals surface area contributed by atoms with E-state index in [9.17, 15) is 9.18 Å². The highest BCUT2D eigenvalue weighted by Crippen LogP contribution is 2.33. The molecule has 2 rings (SSSR count). The summed E-state index contributed by atoms with van der Waals surface area (Å²) in [7, 11) is 0. The number of hydrogen-bond donors (Lipinski definition) is 1. The number of aryl methyl sites for hydroxylation is 1. The maximum atomic E-state index is 13.3. The lowest BCUT2D eigenvalue weighted by Crippen LogP contribution is -2.45. The highest BCUT2D eigenvalue weighted by Gasteiger charge is 2.31. The van der Waals surface area contributed by atoms with Crippen molar-refractivity contribution in [3.63, 3.8) is 0 Å². The van der Waals surface area contributed by atoms with Crippen molar-refractivity contribution in [1.82, 2.24) is 5.32 Å². The van der Waals surface area contributed by atoms with Gasteiger partial charge in [0.2, 0.25) is 0 Å². The smallest absolute Gasteiger partial charge is 0.251 e. The topological polar surface area (TPSA) is 29.1 Å². The molecule has 0 spiro atoms. The van der Waals surface area contributed by atoms with Crippen LogP contribution >= 0.6 is 0 Å². The third-order valence-electron chi connectivity index (χ3n) is 4.76. The van der Waals surface area contributed by atoms with Crippen LogP contribution in [-0.4, -0.2) is 11.9 Å². The van der Waals surface area contributed by atoms with Crippen LogP contribution in [0.4, 0.5) is 4.39 Å². The van der Waals surface area contributed by atoms with Gasteiger partial charge in [0.05, 0.1) is 0 Å². The second-order valence-electron chi connectivity index (χ2n) is 6.87. The van der Waals surface area contributed by atoms with E-state index >= 15 is 0 Å². The summed E-state index contributed by atoms with van der Waals surface area (Å²) < 4.78 is 13.3. The molecule has 1 aromatic rings. The lowest BCUT2D eigenvalue weighted by atomic mass is 9.74. The van der Waals surface area contributed by atoms with E-state index in [1.54, 1.807) is 19.1 Å². The Balaban J connectivity index is 2.10. The summed E-state index contributed by atoms with van der Waals surface area (Å²) in [5.41, 5.74) is 1.06. The zero-order chi connectivity index (χ0) is 15.6. The van der Waals surface area contributed by atoms with Gasteiger partial charge in [-0.1, -0.05) is 27.2 Å². The molecular weight excluding hydrogens is 265 g/mol. The van der Waals surface area contributed by atoms with E-state index in [0.29, 0.717) is 28.9 Å². The van der Waals surface area contributed by atoms with Crippen LogP contribution in [0.5, 0.6) is 0 Å². The van der Waals surface area contributed by atoms with Crippen LogP contribution in [-0.2, 0) is 0 Å². The molecule has 116 valence electrons. The second kappa shape index (κ2) is 6.59. The molecule has 0 saturated heterocycles. The van der Waals surface area contributed by atoms with E-state index < -0.39 is 0 Å². The van der Waals surface area contributed by atoms with Gasteiger partial charge in [-0.3, -0.25) is 4.79 Å². The number of hydrogen-bond acceptors (Lipinski definition) is 1. The maximum Gasteiger partial charge on any atom is 0.251 e. The Morgan fingerprint density at radius 3 is 2.67 bits per heavy atom. The first kappa shape index (κ1) is 16.0. The van der Waals surface area contributed by atoms with Gasteiger partial charge < -0.3 is 5.32 Å². The van der Waals surface area contributed by atoms with Gasteiger partial charge in [-0.25, -0.2) is 4.39 Å². The van der Waals surface area contributed by atoms with Crippen molar-refractivity contribution in [3.05, 3.63) is 35.1 Å². The van der Waals surface area contributed by atoms with E-state index in [0.717, 1.165) is 6.42 Å². The van der Waals surface area contributed by atoms with Crippen molar-refractivity contribution in [2.75, 3.05) is 0 Å². The first-order valence-corrected chi connectivity index (χ1v) is 7.95. The first-order chi connectivity index (χ1) is 9.88. The van der Waals surface area contributed by atoms with Crippen LogP contribution in [0.25, 0.3) is 0 Å². The average Bonchev–Trinajstić information content (AvgIpc) is 2.41.